The molecule has 0 saturated carbocycles. The average Bonchev–Trinajstić information content (AvgIpc) is 3.30. The standard InChI is InChI=1S/C21H18ClN3/c1-15-6-8-16(9-7-15)21(25-11-10-23-14-25)19-13-24-12-18(19)17-4-2-3-5-20(17)22/h2-14,21,24H,1H3. The van der Waals surface area contributed by atoms with E-state index >= 15 is 0 Å². The first-order chi connectivity index (χ1) is 12.2. The molecule has 0 bridgehead atoms. The lowest BCUT2D eigenvalue weighted by atomic mass is 9.94. The van der Waals surface area contributed by atoms with Gasteiger partial charge >= 0.3 is 0 Å². The van der Waals surface area contributed by atoms with Crippen LogP contribution in [0.3, 0.4) is 0 Å². The van der Waals surface area contributed by atoms with Gasteiger partial charge in [0.05, 0.1) is 12.4 Å². The maximum atomic E-state index is 6.45. The van der Waals surface area contributed by atoms with E-state index in [1.807, 2.05) is 49.3 Å². The molecule has 2 aromatic heterocycles. The summed E-state index contributed by atoms with van der Waals surface area (Å²) in [5.74, 6) is 0. The first kappa shape index (κ1) is 15.7. The Morgan fingerprint density at radius 2 is 1.80 bits per heavy atom. The summed E-state index contributed by atoms with van der Waals surface area (Å²) in [7, 11) is 0. The fourth-order valence-corrected chi connectivity index (χ4v) is 3.44. The topological polar surface area (TPSA) is 33.6 Å². The summed E-state index contributed by atoms with van der Waals surface area (Å²) in [4.78, 5) is 7.50. The molecular weight excluding hydrogens is 330 g/mol. The van der Waals surface area contributed by atoms with E-state index in [2.05, 4.69) is 51.8 Å². The lowest BCUT2D eigenvalue weighted by Gasteiger charge is -2.20. The molecule has 124 valence electrons. The van der Waals surface area contributed by atoms with Crippen molar-refractivity contribution in [3.05, 3.63) is 101 Å². The monoisotopic (exact) mass is 347 g/mol. The van der Waals surface area contributed by atoms with Crippen LogP contribution < -0.4 is 0 Å². The normalized spacial score (nSPS) is 12.2. The molecule has 3 nitrogen and oxygen atoms in total. The third-order valence-electron chi connectivity index (χ3n) is 4.45. The van der Waals surface area contributed by atoms with Crippen LogP contribution in [0.15, 0.2) is 79.6 Å². The molecule has 1 atom stereocenters. The van der Waals surface area contributed by atoms with Crippen LogP contribution in [0.4, 0.5) is 0 Å². The Kier molecular flexibility index (Phi) is 4.16. The van der Waals surface area contributed by atoms with Gasteiger partial charge in [-0.1, -0.05) is 59.6 Å². The Labute approximate surface area is 151 Å². The van der Waals surface area contributed by atoms with Crippen LogP contribution in [-0.4, -0.2) is 14.5 Å². The van der Waals surface area contributed by atoms with Crippen molar-refractivity contribution in [3.63, 3.8) is 0 Å². The summed E-state index contributed by atoms with van der Waals surface area (Å²) >= 11 is 6.45. The highest BCUT2D eigenvalue weighted by Gasteiger charge is 2.21. The van der Waals surface area contributed by atoms with Gasteiger partial charge in [0.2, 0.25) is 0 Å². The van der Waals surface area contributed by atoms with E-state index in [4.69, 9.17) is 11.6 Å². The van der Waals surface area contributed by atoms with E-state index in [-0.39, 0.29) is 6.04 Å². The fourth-order valence-electron chi connectivity index (χ4n) is 3.20. The van der Waals surface area contributed by atoms with E-state index in [1.165, 1.54) is 11.1 Å². The Bertz CT molecular complexity index is 969. The zero-order valence-corrected chi connectivity index (χ0v) is 14.6. The maximum Gasteiger partial charge on any atom is 0.0954 e. The second-order valence-electron chi connectivity index (χ2n) is 6.13. The number of aryl methyl sites for hydroxylation is 1. The van der Waals surface area contributed by atoms with Crippen molar-refractivity contribution < 1.29 is 0 Å². The van der Waals surface area contributed by atoms with E-state index < -0.39 is 0 Å². The van der Waals surface area contributed by atoms with Crippen molar-refractivity contribution in [2.75, 3.05) is 0 Å². The molecule has 1 unspecified atom stereocenters. The minimum Gasteiger partial charge on any atom is -0.367 e. The van der Waals surface area contributed by atoms with Gasteiger partial charge in [0, 0.05) is 46.5 Å². The second kappa shape index (κ2) is 6.61. The third kappa shape index (κ3) is 2.99. The number of imidazole rings is 1. The van der Waals surface area contributed by atoms with Crippen LogP contribution in [-0.2, 0) is 0 Å². The lowest BCUT2D eigenvalue weighted by molar-refractivity contribution is 0.678. The average molecular weight is 348 g/mol. The molecule has 2 aromatic carbocycles. The van der Waals surface area contributed by atoms with Crippen LogP contribution in [0.2, 0.25) is 5.02 Å². The Balaban J connectivity index is 1.89. The summed E-state index contributed by atoms with van der Waals surface area (Å²) in [5.41, 5.74) is 5.74. The van der Waals surface area contributed by atoms with Gasteiger partial charge in [-0.3, -0.25) is 0 Å². The van der Waals surface area contributed by atoms with E-state index in [0.29, 0.717) is 0 Å². The minimum atomic E-state index is 0.0284. The number of nitrogens with one attached hydrogen (secondary N) is 1. The molecule has 4 heteroatoms. The van der Waals surface area contributed by atoms with Crippen LogP contribution >= 0.6 is 11.6 Å². The predicted octanol–water partition coefficient (Wildman–Crippen LogP) is 5.48. The molecule has 0 aliphatic heterocycles. The Morgan fingerprint density at radius 3 is 2.52 bits per heavy atom. The van der Waals surface area contributed by atoms with E-state index in [1.54, 1.807) is 0 Å². The summed E-state index contributed by atoms with van der Waals surface area (Å²) in [6.45, 7) is 2.10. The first-order valence-electron chi connectivity index (χ1n) is 8.19. The van der Waals surface area contributed by atoms with Crippen molar-refractivity contribution in [1.82, 2.24) is 14.5 Å². The van der Waals surface area contributed by atoms with Crippen molar-refractivity contribution in [2.45, 2.75) is 13.0 Å². The number of aromatic nitrogens is 3. The van der Waals surface area contributed by atoms with Crippen molar-refractivity contribution in [2.24, 2.45) is 0 Å². The van der Waals surface area contributed by atoms with Gasteiger partial charge in [0.25, 0.3) is 0 Å². The maximum absolute atomic E-state index is 6.45. The third-order valence-corrected chi connectivity index (χ3v) is 4.78. The van der Waals surface area contributed by atoms with Gasteiger partial charge in [-0.05, 0) is 18.6 Å². The fraction of sp³-hybridized carbons (Fsp3) is 0.0952. The van der Waals surface area contributed by atoms with Crippen molar-refractivity contribution >= 4 is 11.6 Å². The Hall–Kier alpha value is -2.78. The van der Waals surface area contributed by atoms with Gasteiger partial charge in [-0.25, -0.2) is 4.98 Å². The summed E-state index contributed by atoms with van der Waals surface area (Å²) < 4.78 is 2.12. The minimum absolute atomic E-state index is 0.0284. The first-order valence-corrected chi connectivity index (χ1v) is 8.57. The highest BCUT2D eigenvalue weighted by atomic mass is 35.5. The highest BCUT2D eigenvalue weighted by Crippen LogP contribution is 2.37. The summed E-state index contributed by atoms with van der Waals surface area (Å²) in [6.07, 6.45) is 9.71. The summed E-state index contributed by atoms with van der Waals surface area (Å²) in [6, 6.07) is 16.6. The number of hydrogen-bond acceptors (Lipinski definition) is 1. The second-order valence-corrected chi connectivity index (χ2v) is 6.53. The molecule has 25 heavy (non-hydrogen) atoms. The molecule has 0 aliphatic carbocycles. The number of benzene rings is 2. The lowest BCUT2D eigenvalue weighted by Crippen LogP contribution is -2.11. The molecule has 0 radical (unpaired) electrons. The van der Waals surface area contributed by atoms with Crippen LogP contribution in [0.5, 0.6) is 0 Å². The van der Waals surface area contributed by atoms with Gasteiger partial charge in [0.15, 0.2) is 0 Å². The van der Waals surface area contributed by atoms with Gasteiger partial charge in [-0.2, -0.15) is 0 Å². The van der Waals surface area contributed by atoms with Crippen molar-refractivity contribution in [1.29, 1.82) is 0 Å². The molecular formula is C21H18ClN3. The molecule has 0 saturated heterocycles. The molecule has 0 amide bonds. The number of H-pyrrole nitrogens is 1. The number of halogens is 1. The molecule has 0 aliphatic rings. The number of aromatic amines is 1. The molecule has 0 fully saturated rings. The van der Waals surface area contributed by atoms with E-state index in [0.717, 1.165) is 21.7 Å². The molecule has 0 spiro atoms. The molecule has 4 rings (SSSR count). The zero-order valence-electron chi connectivity index (χ0n) is 13.9. The zero-order chi connectivity index (χ0) is 17.2. The van der Waals surface area contributed by atoms with Crippen LogP contribution in [0.25, 0.3) is 11.1 Å². The largest absolute Gasteiger partial charge is 0.367 e. The van der Waals surface area contributed by atoms with Crippen LogP contribution in [0.1, 0.15) is 22.7 Å². The molecule has 2 heterocycles. The van der Waals surface area contributed by atoms with Crippen molar-refractivity contribution in [3.8, 4) is 11.1 Å². The van der Waals surface area contributed by atoms with Gasteiger partial charge < -0.3 is 9.55 Å². The number of nitrogens with zero attached hydrogens (tertiary/aromatic N) is 2. The SMILES string of the molecule is Cc1ccc(C(c2c[nH]cc2-c2ccccc2Cl)n2ccnc2)cc1. The van der Waals surface area contributed by atoms with Crippen LogP contribution in [0, 0.1) is 6.92 Å². The molecule has 1 N–H and O–H groups in total. The van der Waals surface area contributed by atoms with Gasteiger partial charge in [0.1, 0.15) is 0 Å². The van der Waals surface area contributed by atoms with E-state index in [9.17, 15) is 0 Å². The smallest absolute Gasteiger partial charge is 0.0954 e. The number of hydrogen-bond donors (Lipinski definition) is 1. The molecule has 4 aromatic rings. The Morgan fingerprint density at radius 1 is 1.00 bits per heavy atom. The summed E-state index contributed by atoms with van der Waals surface area (Å²) in [5, 5.41) is 0.747. The quantitative estimate of drug-likeness (QED) is 0.521. The van der Waals surface area contributed by atoms with Gasteiger partial charge in [-0.15, -0.1) is 0 Å². The predicted molar refractivity (Wildman–Crippen MR) is 102 cm³/mol. The number of rotatable bonds is 4. The highest BCUT2D eigenvalue weighted by molar-refractivity contribution is 6.33.